The molecule has 1 aliphatic heterocycles. The van der Waals surface area contributed by atoms with Crippen molar-refractivity contribution in [3.63, 3.8) is 0 Å². The Morgan fingerprint density at radius 2 is 1.80 bits per heavy atom. The summed E-state index contributed by atoms with van der Waals surface area (Å²) in [6.07, 6.45) is 0.433. The minimum absolute atomic E-state index is 0.0117. The number of hydrogen-bond donors (Lipinski definition) is 2. The van der Waals surface area contributed by atoms with Gasteiger partial charge in [0.1, 0.15) is 6.04 Å². The lowest BCUT2D eigenvalue weighted by molar-refractivity contribution is -0.125. The number of nitrogens with one attached hydrogen (secondary N) is 2. The molecule has 9 heteroatoms. The predicted octanol–water partition coefficient (Wildman–Crippen LogP) is 0.777. The Kier molecular flexibility index (Phi) is 5.29. The van der Waals surface area contributed by atoms with Crippen LogP contribution in [0.25, 0.3) is 10.9 Å². The fourth-order valence-electron chi connectivity index (χ4n) is 3.80. The molecule has 1 amide bonds. The topological polar surface area (TPSA) is 118 Å². The molecule has 1 aliphatic rings. The van der Waals surface area contributed by atoms with Crippen LogP contribution in [0, 0.1) is 0 Å². The first-order valence-corrected chi connectivity index (χ1v) is 11.4. The van der Waals surface area contributed by atoms with Crippen molar-refractivity contribution >= 4 is 26.6 Å². The van der Waals surface area contributed by atoms with Gasteiger partial charge >= 0.3 is 5.69 Å². The van der Waals surface area contributed by atoms with Gasteiger partial charge in [0.25, 0.3) is 5.56 Å². The van der Waals surface area contributed by atoms with Gasteiger partial charge < -0.3 is 10.3 Å². The molecule has 8 nitrogen and oxygen atoms in total. The third-order valence-electron chi connectivity index (χ3n) is 5.30. The first kappa shape index (κ1) is 20.1. The molecule has 0 spiro atoms. The van der Waals surface area contributed by atoms with Gasteiger partial charge in [0.15, 0.2) is 9.84 Å². The van der Waals surface area contributed by atoms with Crippen molar-refractivity contribution in [1.29, 1.82) is 0 Å². The highest BCUT2D eigenvalue weighted by atomic mass is 32.2. The van der Waals surface area contributed by atoms with Crippen LogP contribution < -0.4 is 16.6 Å². The Morgan fingerprint density at radius 1 is 1.10 bits per heavy atom. The number of H-pyrrole nitrogens is 1. The molecule has 0 bridgehead atoms. The average Bonchev–Trinajstić information content (AvgIpc) is 3.06. The largest absolute Gasteiger partial charge is 0.350 e. The summed E-state index contributed by atoms with van der Waals surface area (Å²) in [5.74, 6) is -0.679. The molecule has 0 aliphatic carbocycles. The van der Waals surface area contributed by atoms with E-state index in [1.54, 1.807) is 48.5 Å². The van der Waals surface area contributed by atoms with E-state index in [0.717, 1.165) is 10.1 Å². The van der Waals surface area contributed by atoms with Crippen LogP contribution in [0.15, 0.2) is 64.2 Å². The van der Waals surface area contributed by atoms with Gasteiger partial charge in [-0.15, -0.1) is 0 Å². The van der Waals surface area contributed by atoms with E-state index in [2.05, 4.69) is 10.3 Å². The molecular formula is C21H21N3O5S. The predicted molar refractivity (Wildman–Crippen MR) is 113 cm³/mol. The van der Waals surface area contributed by atoms with Gasteiger partial charge in [-0.1, -0.05) is 42.5 Å². The molecule has 2 N–H and O–H groups in total. The number of carbonyl (C=O) groups is 1. The lowest BCUT2D eigenvalue weighted by Crippen LogP contribution is -2.48. The summed E-state index contributed by atoms with van der Waals surface area (Å²) < 4.78 is 24.4. The van der Waals surface area contributed by atoms with Crippen molar-refractivity contribution in [3.8, 4) is 0 Å². The standard InChI is InChI=1S/C21H21N3O5S/c25-19(22-15-10-11-30(28,29)13-15)18(12-14-6-2-1-3-7-14)24-20(26)16-8-4-5-9-17(16)23-21(24)27/h1-9,15,18H,10-13H2,(H,22,25)(H,23,27)/t15-,18+/m0/s1. The molecule has 156 valence electrons. The van der Waals surface area contributed by atoms with E-state index in [-0.39, 0.29) is 17.9 Å². The summed E-state index contributed by atoms with van der Waals surface area (Å²) in [5, 5.41) is 3.02. The van der Waals surface area contributed by atoms with E-state index in [1.165, 1.54) is 0 Å². The third kappa shape index (κ3) is 4.06. The minimum atomic E-state index is -3.19. The monoisotopic (exact) mass is 427 g/mol. The Morgan fingerprint density at radius 3 is 2.50 bits per heavy atom. The fourth-order valence-corrected chi connectivity index (χ4v) is 5.48. The number of para-hydroxylation sites is 1. The maximum atomic E-state index is 13.1. The molecule has 2 atom stereocenters. The number of aromatic amines is 1. The molecule has 1 aromatic heterocycles. The molecule has 0 saturated carbocycles. The second-order valence-electron chi connectivity index (χ2n) is 7.46. The van der Waals surface area contributed by atoms with Crippen molar-refractivity contribution in [2.24, 2.45) is 0 Å². The zero-order chi connectivity index (χ0) is 21.3. The van der Waals surface area contributed by atoms with Crippen molar-refractivity contribution in [2.75, 3.05) is 11.5 Å². The zero-order valence-electron chi connectivity index (χ0n) is 16.1. The van der Waals surface area contributed by atoms with E-state index < -0.39 is 39.1 Å². The molecule has 1 fully saturated rings. The average molecular weight is 427 g/mol. The van der Waals surface area contributed by atoms with Gasteiger partial charge in [-0.25, -0.2) is 17.8 Å². The lowest BCUT2D eigenvalue weighted by atomic mass is 10.0. The van der Waals surface area contributed by atoms with Gasteiger partial charge in [0, 0.05) is 12.5 Å². The molecule has 2 heterocycles. The summed E-state index contributed by atoms with van der Waals surface area (Å²) in [4.78, 5) is 41.7. The first-order valence-electron chi connectivity index (χ1n) is 9.62. The number of rotatable bonds is 5. The number of nitrogens with zero attached hydrogens (tertiary/aromatic N) is 1. The van der Waals surface area contributed by atoms with E-state index in [1.807, 2.05) is 6.07 Å². The van der Waals surface area contributed by atoms with Gasteiger partial charge in [-0.05, 0) is 24.1 Å². The number of carbonyl (C=O) groups excluding carboxylic acids is 1. The molecular weight excluding hydrogens is 406 g/mol. The van der Waals surface area contributed by atoms with Crippen molar-refractivity contribution in [1.82, 2.24) is 14.9 Å². The van der Waals surface area contributed by atoms with Crippen LogP contribution >= 0.6 is 0 Å². The number of fused-ring (bicyclic) bond motifs is 1. The maximum absolute atomic E-state index is 13.1. The fraction of sp³-hybridized carbons (Fsp3) is 0.286. The molecule has 4 rings (SSSR count). The SMILES string of the molecule is O=C(N[C@H]1CCS(=O)(=O)C1)[C@@H](Cc1ccccc1)n1c(=O)[nH]c2ccccc2c1=O. The number of benzene rings is 2. The van der Waals surface area contributed by atoms with Gasteiger partial charge in [-0.3, -0.25) is 9.59 Å². The van der Waals surface area contributed by atoms with Crippen molar-refractivity contribution in [3.05, 3.63) is 81.0 Å². The van der Waals surface area contributed by atoms with Crippen LogP contribution in [0.2, 0.25) is 0 Å². The van der Waals surface area contributed by atoms with E-state index >= 15 is 0 Å². The van der Waals surface area contributed by atoms with Crippen molar-refractivity contribution < 1.29 is 13.2 Å². The highest BCUT2D eigenvalue weighted by molar-refractivity contribution is 7.91. The summed E-state index contributed by atoms with van der Waals surface area (Å²) in [6, 6.07) is 14.0. The van der Waals surface area contributed by atoms with Crippen LogP contribution in [0.4, 0.5) is 0 Å². The highest BCUT2D eigenvalue weighted by Gasteiger charge is 2.32. The van der Waals surface area contributed by atoms with Crippen LogP contribution in [0.1, 0.15) is 18.0 Å². The van der Waals surface area contributed by atoms with Crippen molar-refractivity contribution in [2.45, 2.75) is 24.9 Å². The van der Waals surface area contributed by atoms with Crippen LogP contribution in [0.3, 0.4) is 0 Å². The summed E-state index contributed by atoms with van der Waals surface area (Å²) in [7, 11) is -3.19. The quantitative estimate of drug-likeness (QED) is 0.624. The summed E-state index contributed by atoms with van der Waals surface area (Å²) >= 11 is 0. The van der Waals surface area contributed by atoms with Crippen LogP contribution in [0.5, 0.6) is 0 Å². The lowest BCUT2D eigenvalue weighted by Gasteiger charge is -2.21. The van der Waals surface area contributed by atoms with E-state index in [9.17, 15) is 22.8 Å². The third-order valence-corrected chi connectivity index (χ3v) is 7.07. The number of sulfone groups is 1. The molecule has 3 aromatic rings. The maximum Gasteiger partial charge on any atom is 0.329 e. The number of hydrogen-bond acceptors (Lipinski definition) is 5. The van der Waals surface area contributed by atoms with Crippen LogP contribution in [-0.2, 0) is 21.1 Å². The Bertz CT molecular complexity index is 1310. The zero-order valence-corrected chi connectivity index (χ0v) is 16.9. The normalized spacial score (nSPS) is 18.9. The first-order chi connectivity index (χ1) is 14.3. The van der Waals surface area contributed by atoms with E-state index in [4.69, 9.17) is 0 Å². The second-order valence-corrected chi connectivity index (χ2v) is 9.69. The summed E-state index contributed by atoms with van der Waals surface area (Å²) in [5.41, 5.74) is -0.0843. The van der Waals surface area contributed by atoms with Crippen LogP contribution in [-0.4, -0.2) is 41.4 Å². The van der Waals surface area contributed by atoms with Gasteiger partial charge in [0.2, 0.25) is 5.91 Å². The summed E-state index contributed by atoms with van der Waals surface area (Å²) in [6.45, 7) is 0. The molecule has 1 saturated heterocycles. The Hall–Kier alpha value is -3.20. The second kappa shape index (κ2) is 7.91. The number of aromatic nitrogens is 2. The van der Waals surface area contributed by atoms with E-state index in [0.29, 0.717) is 17.3 Å². The Labute approximate surface area is 172 Å². The molecule has 0 radical (unpaired) electrons. The molecule has 30 heavy (non-hydrogen) atoms. The highest BCUT2D eigenvalue weighted by Crippen LogP contribution is 2.16. The molecule has 2 aromatic carbocycles. The Balaban J connectivity index is 1.76. The molecule has 0 unspecified atom stereocenters. The van der Waals surface area contributed by atoms with Gasteiger partial charge in [0.05, 0.1) is 22.4 Å². The number of amides is 1. The minimum Gasteiger partial charge on any atom is -0.350 e. The van der Waals surface area contributed by atoms with Gasteiger partial charge in [-0.2, -0.15) is 0 Å². The smallest absolute Gasteiger partial charge is 0.329 e.